The standard InChI is InChI=1S/C17H26O3/c1-10-13(20-11(2)18)8-12-9-16(5)7-6-15(3,4)14(16)17(10,12)19/h12-14,19H,1,6-9H2,2-5H3/t12?,13-,14?,16-,17-/m0/s1. The Morgan fingerprint density at radius 1 is 1.35 bits per heavy atom. The predicted octanol–water partition coefficient (Wildman–Crippen LogP) is 3.07. The third-order valence-corrected chi connectivity index (χ3v) is 6.30. The van der Waals surface area contributed by atoms with Gasteiger partial charge < -0.3 is 9.84 Å². The first-order valence-corrected chi connectivity index (χ1v) is 7.70. The molecule has 5 atom stereocenters. The topological polar surface area (TPSA) is 46.5 Å². The Balaban J connectivity index is 1.98. The molecular weight excluding hydrogens is 252 g/mol. The fourth-order valence-corrected chi connectivity index (χ4v) is 5.83. The van der Waals surface area contributed by atoms with Crippen LogP contribution in [0.2, 0.25) is 0 Å². The van der Waals surface area contributed by atoms with Gasteiger partial charge in [0, 0.05) is 12.8 Å². The maximum Gasteiger partial charge on any atom is 0.303 e. The molecule has 3 aliphatic carbocycles. The highest BCUT2D eigenvalue weighted by Crippen LogP contribution is 2.71. The van der Waals surface area contributed by atoms with E-state index in [-0.39, 0.29) is 34.7 Å². The number of hydrogen-bond donors (Lipinski definition) is 1. The molecule has 1 N–H and O–H groups in total. The van der Waals surface area contributed by atoms with Gasteiger partial charge in [-0.2, -0.15) is 0 Å². The molecule has 3 saturated carbocycles. The summed E-state index contributed by atoms with van der Waals surface area (Å²) in [6.07, 6.45) is 3.78. The van der Waals surface area contributed by atoms with E-state index in [2.05, 4.69) is 27.4 Å². The van der Waals surface area contributed by atoms with Crippen molar-refractivity contribution < 1.29 is 14.6 Å². The second kappa shape index (κ2) is 3.88. The zero-order valence-corrected chi connectivity index (χ0v) is 13.0. The summed E-state index contributed by atoms with van der Waals surface area (Å²) in [4.78, 5) is 11.2. The summed E-state index contributed by atoms with van der Waals surface area (Å²) in [7, 11) is 0. The lowest BCUT2D eigenvalue weighted by Gasteiger charge is -2.42. The lowest BCUT2D eigenvalue weighted by molar-refractivity contribution is -0.144. The van der Waals surface area contributed by atoms with Crippen LogP contribution in [0.4, 0.5) is 0 Å². The van der Waals surface area contributed by atoms with E-state index >= 15 is 0 Å². The van der Waals surface area contributed by atoms with Gasteiger partial charge in [0.05, 0.1) is 5.60 Å². The van der Waals surface area contributed by atoms with E-state index in [4.69, 9.17) is 4.74 Å². The third kappa shape index (κ3) is 1.59. The molecule has 0 heterocycles. The summed E-state index contributed by atoms with van der Waals surface area (Å²) < 4.78 is 5.38. The van der Waals surface area contributed by atoms with Crippen LogP contribution in [0.1, 0.15) is 53.4 Å². The summed E-state index contributed by atoms with van der Waals surface area (Å²) >= 11 is 0. The number of carbonyl (C=O) groups excluding carboxylic acids is 1. The summed E-state index contributed by atoms with van der Waals surface area (Å²) in [5.41, 5.74) is 0.204. The lowest BCUT2D eigenvalue weighted by atomic mass is 9.66. The van der Waals surface area contributed by atoms with Crippen LogP contribution >= 0.6 is 0 Å². The van der Waals surface area contributed by atoms with Gasteiger partial charge in [0.2, 0.25) is 0 Å². The van der Waals surface area contributed by atoms with Crippen LogP contribution in [-0.4, -0.2) is 22.8 Å². The largest absolute Gasteiger partial charge is 0.458 e. The van der Waals surface area contributed by atoms with E-state index in [0.717, 1.165) is 24.8 Å². The number of esters is 1. The van der Waals surface area contributed by atoms with E-state index in [0.29, 0.717) is 0 Å². The normalized spacial score (nSPS) is 49.0. The Morgan fingerprint density at radius 2 is 2.00 bits per heavy atom. The molecule has 0 bridgehead atoms. The van der Waals surface area contributed by atoms with E-state index in [1.165, 1.54) is 13.3 Å². The molecular formula is C17H26O3. The van der Waals surface area contributed by atoms with Crippen molar-refractivity contribution in [1.29, 1.82) is 0 Å². The summed E-state index contributed by atoms with van der Waals surface area (Å²) in [5.74, 6) is 0.127. The number of aliphatic hydroxyl groups is 1. The van der Waals surface area contributed by atoms with Crippen molar-refractivity contribution in [2.24, 2.45) is 22.7 Å². The quantitative estimate of drug-likeness (QED) is 0.592. The maximum absolute atomic E-state index is 11.5. The zero-order chi connectivity index (χ0) is 14.9. The number of hydrogen-bond acceptors (Lipinski definition) is 3. The smallest absolute Gasteiger partial charge is 0.303 e. The molecule has 3 fully saturated rings. The number of carbonyl (C=O) groups is 1. The summed E-state index contributed by atoms with van der Waals surface area (Å²) in [6.45, 7) is 12.4. The van der Waals surface area contributed by atoms with Gasteiger partial charge >= 0.3 is 5.97 Å². The summed E-state index contributed by atoms with van der Waals surface area (Å²) in [6, 6.07) is 0. The van der Waals surface area contributed by atoms with Crippen molar-refractivity contribution in [2.45, 2.75) is 65.1 Å². The molecule has 0 aromatic heterocycles. The first-order valence-electron chi connectivity index (χ1n) is 7.70. The SMILES string of the molecule is C=C1[C@@H](OC(C)=O)CC2C[C@]3(C)CCC(C)(C)C3[C@]12O. The monoisotopic (exact) mass is 278 g/mol. The van der Waals surface area contributed by atoms with Gasteiger partial charge in [-0.05, 0) is 48.0 Å². The van der Waals surface area contributed by atoms with Crippen LogP contribution in [0, 0.1) is 22.7 Å². The van der Waals surface area contributed by atoms with E-state index < -0.39 is 5.60 Å². The molecule has 0 radical (unpaired) electrons. The minimum Gasteiger partial charge on any atom is -0.458 e. The van der Waals surface area contributed by atoms with Crippen LogP contribution in [0.25, 0.3) is 0 Å². The minimum atomic E-state index is -0.852. The van der Waals surface area contributed by atoms with Crippen LogP contribution in [0.5, 0.6) is 0 Å². The molecule has 0 saturated heterocycles. The van der Waals surface area contributed by atoms with Crippen LogP contribution < -0.4 is 0 Å². The Morgan fingerprint density at radius 3 is 2.60 bits per heavy atom. The predicted molar refractivity (Wildman–Crippen MR) is 77.0 cm³/mol. The highest BCUT2D eigenvalue weighted by Gasteiger charge is 2.70. The van der Waals surface area contributed by atoms with E-state index in [1.54, 1.807) is 0 Å². The highest BCUT2D eigenvalue weighted by molar-refractivity contribution is 5.66. The Labute approximate surface area is 121 Å². The fourth-order valence-electron chi connectivity index (χ4n) is 5.83. The second-order valence-corrected chi connectivity index (χ2v) is 8.16. The molecule has 20 heavy (non-hydrogen) atoms. The lowest BCUT2D eigenvalue weighted by Crippen LogP contribution is -2.46. The van der Waals surface area contributed by atoms with Gasteiger partial charge in [-0.3, -0.25) is 4.79 Å². The van der Waals surface area contributed by atoms with Crippen molar-refractivity contribution in [3.63, 3.8) is 0 Å². The average molecular weight is 278 g/mol. The van der Waals surface area contributed by atoms with Gasteiger partial charge in [0.15, 0.2) is 0 Å². The molecule has 2 unspecified atom stereocenters. The first kappa shape index (κ1) is 14.1. The van der Waals surface area contributed by atoms with Crippen molar-refractivity contribution >= 4 is 5.97 Å². The molecule has 112 valence electrons. The zero-order valence-electron chi connectivity index (χ0n) is 13.0. The first-order chi connectivity index (χ1) is 9.11. The molecule has 3 aliphatic rings. The molecule has 0 aromatic rings. The number of fused-ring (bicyclic) bond motifs is 3. The number of ether oxygens (including phenoxy) is 1. The highest BCUT2D eigenvalue weighted by atomic mass is 16.5. The van der Waals surface area contributed by atoms with Crippen molar-refractivity contribution in [2.75, 3.05) is 0 Å². The van der Waals surface area contributed by atoms with Crippen LogP contribution in [0.15, 0.2) is 12.2 Å². The minimum absolute atomic E-state index is 0.117. The van der Waals surface area contributed by atoms with Crippen molar-refractivity contribution in [1.82, 2.24) is 0 Å². The van der Waals surface area contributed by atoms with Gasteiger partial charge in [-0.15, -0.1) is 0 Å². The van der Waals surface area contributed by atoms with Gasteiger partial charge in [0.1, 0.15) is 6.10 Å². The van der Waals surface area contributed by atoms with Crippen LogP contribution in [-0.2, 0) is 9.53 Å². The molecule has 0 aliphatic heterocycles. The Kier molecular flexibility index (Phi) is 2.74. The molecule has 0 spiro atoms. The van der Waals surface area contributed by atoms with Crippen molar-refractivity contribution in [3.8, 4) is 0 Å². The molecule has 3 nitrogen and oxygen atoms in total. The van der Waals surface area contributed by atoms with Gasteiger partial charge in [-0.1, -0.05) is 27.4 Å². The molecule has 3 rings (SSSR count). The van der Waals surface area contributed by atoms with Gasteiger partial charge in [0.25, 0.3) is 0 Å². The van der Waals surface area contributed by atoms with E-state index in [1.807, 2.05) is 0 Å². The van der Waals surface area contributed by atoms with Crippen molar-refractivity contribution in [3.05, 3.63) is 12.2 Å². The number of rotatable bonds is 1. The average Bonchev–Trinajstić information content (AvgIpc) is 2.76. The third-order valence-electron chi connectivity index (χ3n) is 6.30. The Hall–Kier alpha value is -0.830. The van der Waals surface area contributed by atoms with E-state index in [9.17, 15) is 9.90 Å². The summed E-state index contributed by atoms with van der Waals surface area (Å²) in [5, 5.41) is 11.5. The van der Waals surface area contributed by atoms with Crippen LogP contribution in [0.3, 0.4) is 0 Å². The van der Waals surface area contributed by atoms with Gasteiger partial charge in [-0.25, -0.2) is 0 Å². The second-order valence-electron chi connectivity index (χ2n) is 8.16. The molecule has 0 amide bonds. The fraction of sp³-hybridized carbons (Fsp3) is 0.824. The maximum atomic E-state index is 11.5. The molecule has 3 heteroatoms. The Bertz CT molecular complexity index is 481. The molecule has 0 aromatic carbocycles.